The Hall–Kier alpha value is -2.82. The van der Waals surface area contributed by atoms with Gasteiger partial charge in [-0.25, -0.2) is 0 Å². The molecule has 2 spiro atoms. The topological polar surface area (TPSA) is 30.9 Å². The molecule has 41 heavy (non-hydrogen) atoms. The predicted molar refractivity (Wildman–Crippen MR) is 159 cm³/mol. The van der Waals surface area contributed by atoms with E-state index in [0.717, 1.165) is 30.4 Å². The second kappa shape index (κ2) is 8.84. The average molecular weight is 548 g/mol. The molecule has 4 bridgehead atoms. The molecule has 6 atom stereocenters. The van der Waals surface area contributed by atoms with E-state index in [-0.39, 0.29) is 22.3 Å². The van der Waals surface area contributed by atoms with E-state index in [1.165, 1.54) is 73.9 Å². The van der Waals surface area contributed by atoms with Gasteiger partial charge in [0.15, 0.2) is 11.5 Å². The van der Waals surface area contributed by atoms with Crippen LogP contribution in [0.3, 0.4) is 0 Å². The van der Waals surface area contributed by atoms with Crippen LogP contribution < -0.4 is 9.47 Å². The van der Waals surface area contributed by atoms with Crippen LogP contribution in [0.4, 0.5) is 0 Å². The molecule has 3 aromatic rings. The van der Waals surface area contributed by atoms with Crippen molar-refractivity contribution < 1.29 is 14.2 Å². The van der Waals surface area contributed by atoms with Crippen LogP contribution in [-0.2, 0) is 28.6 Å². The van der Waals surface area contributed by atoms with Gasteiger partial charge in [0.1, 0.15) is 6.10 Å². The van der Waals surface area contributed by atoms with Crippen molar-refractivity contribution in [2.45, 2.75) is 74.5 Å². The highest BCUT2D eigenvalue weighted by molar-refractivity contribution is 5.64. The molecule has 10 rings (SSSR count). The van der Waals surface area contributed by atoms with Gasteiger partial charge in [-0.3, -0.25) is 4.90 Å². The fourth-order valence-electron chi connectivity index (χ4n) is 10.7. The first-order valence-corrected chi connectivity index (χ1v) is 16.0. The van der Waals surface area contributed by atoms with Crippen molar-refractivity contribution >= 4 is 0 Å². The summed E-state index contributed by atoms with van der Waals surface area (Å²) >= 11 is 0. The van der Waals surface area contributed by atoms with Gasteiger partial charge in [0.05, 0.1) is 20.3 Å². The third-order valence-corrected chi connectivity index (χ3v) is 12.5. The lowest BCUT2D eigenvalue weighted by molar-refractivity contribution is -0.220. The van der Waals surface area contributed by atoms with Crippen LogP contribution in [0, 0.1) is 17.3 Å². The number of nitrogens with zero attached hydrogens (tertiary/aromatic N) is 1. The van der Waals surface area contributed by atoms with E-state index in [1.807, 2.05) is 7.11 Å². The van der Waals surface area contributed by atoms with E-state index in [1.54, 1.807) is 0 Å². The van der Waals surface area contributed by atoms with Gasteiger partial charge in [0, 0.05) is 34.4 Å². The normalized spacial score (nSPS) is 36.1. The molecule has 7 aliphatic rings. The highest BCUT2D eigenvalue weighted by Crippen LogP contribution is 2.78. The standard InChI is InChI=1S/C37H41NO3/c1-39-30-15-14-27-20-31-35-16-17-36(28-10-6-3-7-11-28,29(21-35)24-40-23-26-8-4-2-5-9-26)34-37(35,32(27)33(30)41-34)18-19-38(31)22-25-12-13-25/h2-11,14-15,25,29,31,34H,12-13,16-24H2,1H3. The van der Waals surface area contributed by atoms with Crippen LogP contribution in [0.25, 0.3) is 0 Å². The highest BCUT2D eigenvalue weighted by Gasteiger charge is 2.80. The molecule has 1 saturated heterocycles. The minimum atomic E-state index is -0.0818. The van der Waals surface area contributed by atoms with Crippen LogP contribution in [0.2, 0.25) is 0 Å². The summed E-state index contributed by atoms with van der Waals surface area (Å²) in [7, 11) is 1.81. The Bertz CT molecular complexity index is 1470. The smallest absolute Gasteiger partial charge is 0.165 e. The Morgan fingerprint density at radius 1 is 0.927 bits per heavy atom. The third-order valence-electron chi connectivity index (χ3n) is 12.5. The molecule has 5 aliphatic carbocycles. The molecule has 2 aliphatic heterocycles. The van der Waals surface area contributed by atoms with Crippen molar-refractivity contribution in [1.29, 1.82) is 0 Å². The molecule has 6 unspecified atom stereocenters. The highest BCUT2D eigenvalue weighted by atomic mass is 16.5. The minimum Gasteiger partial charge on any atom is -0.493 e. The summed E-state index contributed by atoms with van der Waals surface area (Å²) in [6.07, 6.45) is 8.95. The van der Waals surface area contributed by atoms with Gasteiger partial charge < -0.3 is 14.2 Å². The summed E-state index contributed by atoms with van der Waals surface area (Å²) < 4.78 is 20.1. The first-order chi connectivity index (χ1) is 20.2. The molecule has 0 radical (unpaired) electrons. The van der Waals surface area contributed by atoms with Crippen molar-refractivity contribution in [1.82, 2.24) is 4.90 Å². The second-order valence-corrected chi connectivity index (χ2v) is 14.0. The zero-order valence-electron chi connectivity index (χ0n) is 24.2. The van der Waals surface area contributed by atoms with Gasteiger partial charge in [0.25, 0.3) is 0 Å². The Morgan fingerprint density at radius 3 is 2.51 bits per heavy atom. The monoisotopic (exact) mass is 547 g/mol. The molecule has 0 amide bonds. The van der Waals surface area contributed by atoms with E-state index < -0.39 is 0 Å². The molecule has 212 valence electrons. The van der Waals surface area contributed by atoms with E-state index >= 15 is 0 Å². The third kappa shape index (κ3) is 3.19. The molecular weight excluding hydrogens is 506 g/mol. The number of benzene rings is 3. The van der Waals surface area contributed by atoms with Crippen LogP contribution in [-0.4, -0.2) is 43.9 Å². The van der Waals surface area contributed by atoms with Gasteiger partial charge >= 0.3 is 0 Å². The van der Waals surface area contributed by atoms with Crippen LogP contribution >= 0.6 is 0 Å². The van der Waals surface area contributed by atoms with Crippen LogP contribution in [0.1, 0.15) is 60.8 Å². The van der Waals surface area contributed by atoms with Crippen molar-refractivity contribution in [2.24, 2.45) is 17.3 Å². The van der Waals surface area contributed by atoms with Gasteiger partial charge in [0.2, 0.25) is 0 Å². The van der Waals surface area contributed by atoms with E-state index in [4.69, 9.17) is 14.2 Å². The molecule has 4 saturated carbocycles. The fourth-order valence-corrected chi connectivity index (χ4v) is 10.7. The zero-order chi connectivity index (χ0) is 27.2. The van der Waals surface area contributed by atoms with Gasteiger partial charge in [-0.05, 0) is 86.1 Å². The Balaban J connectivity index is 1.20. The molecular formula is C37H41NO3. The summed E-state index contributed by atoms with van der Waals surface area (Å²) in [4.78, 5) is 2.94. The molecule has 2 heterocycles. The van der Waals surface area contributed by atoms with Crippen molar-refractivity contribution in [3.05, 3.63) is 95.1 Å². The number of rotatable bonds is 8. The van der Waals surface area contributed by atoms with Gasteiger partial charge in [-0.15, -0.1) is 0 Å². The summed E-state index contributed by atoms with van der Waals surface area (Å²) in [5.41, 5.74) is 5.91. The lowest BCUT2D eigenvalue weighted by atomic mass is 9.32. The molecule has 5 fully saturated rings. The molecule has 0 aromatic heterocycles. The van der Waals surface area contributed by atoms with Crippen molar-refractivity contribution in [2.75, 3.05) is 26.8 Å². The predicted octanol–water partition coefficient (Wildman–Crippen LogP) is 6.69. The number of ether oxygens (including phenoxy) is 3. The van der Waals surface area contributed by atoms with E-state index in [2.05, 4.69) is 77.7 Å². The van der Waals surface area contributed by atoms with Crippen LogP contribution in [0.5, 0.6) is 11.5 Å². The number of methoxy groups -OCH3 is 1. The first kappa shape index (κ1) is 24.7. The Kier molecular flexibility index (Phi) is 5.34. The van der Waals surface area contributed by atoms with Crippen molar-refractivity contribution in [3.8, 4) is 11.5 Å². The number of likely N-dealkylation sites (tertiary alicyclic amines) is 1. The number of fused-ring (bicyclic) bond motifs is 2. The number of piperidine rings is 1. The maximum Gasteiger partial charge on any atom is 0.165 e. The minimum absolute atomic E-state index is 0.0409. The average Bonchev–Trinajstić information content (AvgIpc) is 3.76. The molecule has 4 nitrogen and oxygen atoms in total. The van der Waals surface area contributed by atoms with Crippen molar-refractivity contribution in [3.63, 3.8) is 0 Å². The zero-order valence-corrected chi connectivity index (χ0v) is 24.2. The number of hydrogen-bond donors (Lipinski definition) is 0. The maximum atomic E-state index is 7.41. The fraction of sp³-hybridized carbons (Fsp3) is 0.514. The Labute approximate surface area is 244 Å². The van der Waals surface area contributed by atoms with E-state index in [0.29, 0.717) is 18.6 Å². The molecule has 0 N–H and O–H groups in total. The SMILES string of the molecule is COc1ccc2c3c1OC1C4(c5ccccc5)CCC5(CC4COCc4ccccc4)C(C2)N(CC2CC2)CCC315. The molecule has 4 heteroatoms. The second-order valence-electron chi connectivity index (χ2n) is 14.0. The summed E-state index contributed by atoms with van der Waals surface area (Å²) in [5, 5.41) is 0. The van der Waals surface area contributed by atoms with Gasteiger partial charge in [-0.2, -0.15) is 0 Å². The van der Waals surface area contributed by atoms with Crippen LogP contribution in [0.15, 0.2) is 72.8 Å². The summed E-state index contributed by atoms with van der Waals surface area (Å²) in [6.45, 7) is 3.92. The summed E-state index contributed by atoms with van der Waals surface area (Å²) in [6, 6.07) is 27.2. The number of hydrogen-bond acceptors (Lipinski definition) is 4. The molecule has 3 aromatic carbocycles. The van der Waals surface area contributed by atoms with Gasteiger partial charge in [-0.1, -0.05) is 66.7 Å². The summed E-state index contributed by atoms with van der Waals surface area (Å²) in [5.74, 6) is 3.29. The Morgan fingerprint density at radius 2 is 1.73 bits per heavy atom. The van der Waals surface area contributed by atoms with E-state index in [9.17, 15) is 0 Å². The first-order valence-electron chi connectivity index (χ1n) is 16.0. The maximum absolute atomic E-state index is 7.41. The quantitative estimate of drug-likeness (QED) is 0.314. The lowest BCUT2D eigenvalue weighted by Gasteiger charge is -2.74. The largest absolute Gasteiger partial charge is 0.493 e. The lowest BCUT2D eigenvalue weighted by Crippen LogP contribution is -2.80.